The van der Waals surface area contributed by atoms with Crippen molar-refractivity contribution >= 4 is 5.91 Å². The van der Waals surface area contributed by atoms with E-state index in [0.717, 1.165) is 13.1 Å². The first-order valence-corrected chi connectivity index (χ1v) is 6.87. The summed E-state index contributed by atoms with van der Waals surface area (Å²) in [4.78, 5) is 12.2. The lowest BCUT2D eigenvalue weighted by Gasteiger charge is -2.32. The van der Waals surface area contributed by atoms with E-state index in [9.17, 15) is 9.18 Å². The van der Waals surface area contributed by atoms with Crippen LogP contribution in [0.2, 0.25) is 0 Å². The van der Waals surface area contributed by atoms with Crippen LogP contribution in [0.5, 0.6) is 5.75 Å². The molecular weight excluding hydrogens is 259 g/mol. The van der Waals surface area contributed by atoms with Gasteiger partial charge in [0.15, 0.2) is 0 Å². The van der Waals surface area contributed by atoms with Crippen LogP contribution >= 0.6 is 0 Å². The molecule has 1 aromatic carbocycles. The third-order valence-corrected chi connectivity index (χ3v) is 3.95. The largest absolute Gasteiger partial charge is 0.496 e. The van der Waals surface area contributed by atoms with E-state index in [-0.39, 0.29) is 23.7 Å². The Morgan fingerprint density at radius 1 is 1.45 bits per heavy atom. The van der Waals surface area contributed by atoms with Crippen LogP contribution in [0.15, 0.2) is 18.2 Å². The number of halogens is 1. The van der Waals surface area contributed by atoms with Gasteiger partial charge in [0.25, 0.3) is 0 Å². The maximum atomic E-state index is 13.4. The van der Waals surface area contributed by atoms with Gasteiger partial charge in [-0.15, -0.1) is 0 Å². The lowest BCUT2D eigenvalue weighted by atomic mass is 9.88. The van der Waals surface area contributed by atoms with Gasteiger partial charge in [-0.2, -0.15) is 0 Å². The number of benzene rings is 1. The SMILES string of the molecule is COc1ccc(F)cc1C(C)NC(=O)C(C)C1CNC1. The van der Waals surface area contributed by atoms with E-state index in [4.69, 9.17) is 4.74 Å². The van der Waals surface area contributed by atoms with E-state index >= 15 is 0 Å². The molecule has 110 valence electrons. The Balaban J connectivity index is 2.05. The molecule has 0 radical (unpaired) electrons. The summed E-state index contributed by atoms with van der Waals surface area (Å²) in [6.45, 7) is 5.52. The molecule has 1 heterocycles. The van der Waals surface area contributed by atoms with Gasteiger partial charge in [0, 0.05) is 11.5 Å². The van der Waals surface area contributed by atoms with E-state index in [0.29, 0.717) is 17.2 Å². The van der Waals surface area contributed by atoms with Crippen molar-refractivity contribution in [1.82, 2.24) is 10.6 Å². The molecule has 2 atom stereocenters. The highest BCUT2D eigenvalue weighted by Gasteiger charge is 2.29. The summed E-state index contributed by atoms with van der Waals surface area (Å²) in [7, 11) is 1.54. The normalized spacial score (nSPS) is 18.0. The topological polar surface area (TPSA) is 50.4 Å². The highest BCUT2D eigenvalue weighted by molar-refractivity contribution is 5.79. The van der Waals surface area contributed by atoms with Gasteiger partial charge in [-0.05, 0) is 44.1 Å². The number of carbonyl (C=O) groups is 1. The Bertz CT molecular complexity index is 489. The molecule has 5 heteroatoms. The maximum absolute atomic E-state index is 13.4. The minimum absolute atomic E-state index is 0.00434. The molecule has 1 aliphatic heterocycles. The van der Waals surface area contributed by atoms with Crippen molar-refractivity contribution in [1.29, 1.82) is 0 Å². The van der Waals surface area contributed by atoms with Gasteiger partial charge in [-0.3, -0.25) is 4.79 Å². The van der Waals surface area contributed by atoms with Crippen molar-refractivity contribution in [2.75, 3.05) is 20.2 Å². The number of nitrogens with one attached hydrogen (secondary N) is 2. The van der Waals surface area contributed by atoms with Crippen LogP contribution in [-0.4, -0.2) is 26.1 Å². The number of rotatable bonds is 5. The van der Waals surface area contributed by atoms with Crippen LogP contribution in [-0.2, 0) is 4.79 Å². The minimum atomic E-state index is -0.335. The average molecular weight is 280 g/mol. The molecule has 2 unspecified atom stereocenters. The molecule has 0 aromatic heterocycles. The minimum Gasteiger partial charge on any atom is -0.496 e. The second-order valence-corrected chi connectivity index (χ2v) is 5.32. The van der Waals surface area contributed by atoms with Gasteiger partial charge >= 0.3 is 0 Å². The predicted molar refractivity (Wildman–Crippen MR) is 75.0 cm³/mol. The first-order valence-electron chi connectivity index (χ1n) is 6.87. The van der Waals surface area contributed by atoms with Gasteiger partial charge < -0.3 is 15.4 Å². The molecule has 0 aliphatic carbocycles. The second-order valence-electron chi connectivity index (χ2n) is 5.32. The van der Waals surface area contributed by atoms with Crippen LogP contribution in [0.3, 0.4) is 0 Å². The van der Waals surface area contributed by atoms with Gasteiger partial charge in [-0.1, -0.05) is 6.92 Å². The van der Waals surface area contributed by atoms with Crippen LogP contribution in [0.4, 0.5) is 4.39 Å². The fraction of sp³-hybridized carbons (Fsp3) is 0.533. The van der Waals surface area contributed by atoms with E-state index in [2.05, 4.69) is 10.6 Å². The predicted octanol–water partition coefficient (Wildman–Crippen LogP) is 1.87. The molecule has 1 fully saturated rings. The lowest BCUT2D eigenvalue weighted by molar-refractivity contribution is -0.127. The number of hydrogen-bond acceptors (Lipinski definition) is 3. The Kier molecular flexibility index (Phi) is 4.60. The molecule has 0 bridgehead atoms. The fourth-order valence-electron chi connectivity index (χ4n) is 2.34. The summed E-state index contributed by atoms with van der Waals surface area (Å²) in [6.07, 6.45) is 0. The first-order chi connectivity index (χ1) is 9.52. The zero-order valence-corrected chi connectivity index (χ0v) is 12.1. The van der Waals surface area contributed by atoms with E-state index < -0.39 is 0 Å². The summed E-state index contributed by atoms with van der Waals surface area (Å²) in [5.41, 5.74) is 0.653. The Labute approximate surface area is 118 Å². The summed E-state index contributed by atoms with van der Waals surface area (Å²) in [5.74, 6) is 0.584. The van der Waals surface area contributed by atoms with Crippen LogP contribution < -0.4 is 15.4 Å². The van der Waals surface area contributed by atoms with Gasteiger partial charge in [0.2, 0.25) is 5.91 Å². The Morgan fingerprint density at radius 3 is 2.70 bits per heavy atom. The molecule has 1 amide bonds. The van der Waals surface area contributed by atoms with Gasteiger partial charge in [0.05, 0.1) is 13.2 Å². The second kappa shape index (κ2) is 6.22. The van der Waals surface area contributed by atoms with Crippen molar-refractivity contribution in [2.24, 2.45) is 11.8 Å². The van der Waals surface area contributed by atoms with Crippen molar-refractivity contribution in [3.8, 4) is 5.75 Å². The Morgan fingerprint density at radius 2 is 2.15 bits per heavy atom. The molecule has 2 N–H and O–H groups in total. The fourth-order valence-corrected chi connectivity index (χ4v) is 2.34. The number of ether oxygens (including phenoxy) is 1. The van der Waals surface area contributed by atoms with Crippen molar-refractivity contribution in [2.45, 2.75) is 19.9 Å². The zero-order valence-electron chi connectivity index (χ0n) is 12.1. The average Bonchev–Trinajstić information content (AvgIpc) is 2.36. The summed E-state index contributed by atoms with van der Waals surface area (Å²) >= 11 is 0. The number of carbonyl (C=O) groups excluding carboxylic acids is 1. The molecule has 20 heavy (non-hydrogen) atoms. The van der Waals surface area contributed by atoms with E-state index in [1.807, 2.05) is 13.8 Å². The lowest BCUT2D eigenvalue weighted by Crippen LogP contribution is -2.49. The summed E-state index contributed by atoms with van der Waals surface area (Å²) in [6, 6.07) is 4.04. The third kappa shape index (κ3) is 3.10. The molecule has 2 rings (SSSR count). The van der Waals surface area contributed by atoms with Crippen LogP contribution in [0, 0.1) is 17.7 Å². The highest BCUT2D eigenvalue weighted by atomic mass is 19.1. The van der Waals surface area contributed by atoms with Crippen molar-refractivity contribution < 1.29 is 13.9 Å². The molecule has 0 saturated carbocycles. The molecular formula is C15H21FN2O2. The zero-order chi connectivity index (χ0) is 14.7. The Hall–Kier alpha value is -1.62. The van der Waals surface area contributed by atoms with E-state index in [1.54, 1.807) is 6.07 Å². The number of hydrogen-bond donors (Lipinski definition) is 2. The van der Waals surface area contributed by atoms with Gasteiger partial charge in [-0.25, -0.2) is 4.39 Å². The standard InChI is InChI=1S/C15H21FN2O2/c1-9(11-7-17-8-11)15(19)18-10(2)13-6-12(16)4-5-14(13)20-3/h4-6,9-11,17H,7-8H2,1-3H3,(H,18,19). The van der Waals surface area contributed by atoms with Crippen molar-refractivity contribution in [3.63, 3.8) is 0 Å². The smallest absolute Gasteiger partial charge is 0.223 e. The molecule has 0 spiro atoms. The molecule has 1 saturated heterocycles. The quantitative estimate of drug-likeness (QED) is 0.865. The van der Waals surface area contributed by atoms with Gasteiger partial charge in [0.1, 0.15) is 11.6 Å². The molecule has 1 aromatic rings. The maximum Gasteiger partial charge on any atom is 0.223 e. The molecule has 1 aliphatic rings. The monoisotopic (exact) mass is 280 g/mol. The number of amides is 1. The number of methoxy groups -OCH3 is 1. The first kappa shape index (κ1) is 14.8. The molecule has 4 nitrogen and oxygen atoms in total. The van der Waals surface area contributed by atoms with Crippen LogP contribution in [0.25, 0.3) is 0 Å². The summed E-state index contributed by atoms with van der Waals surface area (Å²) < 4.78 is 18.6. The highest BCUT2D eigenvalue weighted by Crippen LogP contribution is 2.26. The van der Waals surface area contributed by atoms with E-state index in [1.165, 1.54) is 19.2 Å². The van der Waals surface area contributed by atoms with Crippen LogP contribution in [0.1, 0.15) is 25.5 Å². The third-order valence-electron chi connectivity index (χ3n) is 3.95. The van der Waals surface area contributed by atoms with Crippen molar-refractivity contribution in [3.05, 3.63) is 29.6 Å². The summed E-state index contributed by atoms with van der Waals surface area (Å²) in [5, 5.41) is 6.09.